The van der Waals surface area contributed by atoms with E-state index in [2.05, 4.69) is 11.4 Å². The number of aryl methyl sites for hydroxylation is 1. The minimum absolute atomic E-state index is 0.143. The van der Waals surface area contributed by atoms with Gasteiger partial charge in [-0.05, 0) is 49.6 Å². The third-order valence-electron chi connectivity index (χ3n) is 3.97. The van der Waals surface area contributed by atoms with Gasteiger partial charge in [0.25, 0.3) is 0 Å². The number of methoxy groups -OCH3 is 1. The zero-order valence-electron chi connectivity index (χ0n) is 11.4. The molecule has 1 aromatic rings. The lowest BCUT2D eigenvalue weighted by molar-refractivity contribution is -0.140. The quantitative estimate of drug-likeness (QED) is 0.863. The smallest absolute Gasteiger partial charge is 0.305 e. The Bertz CT molecular complexity index is 461. The maximum atomic E-state index is 11.4. The molecule has 0 radical (unpaired) electrons. The Hall–Kier alpha value is -1.06. The standard InChI is InChI=1S/C15H20ClNO2/c1-17-14-7-3-10-9-11(16)4-5-12(10)13(14)6-8-15(18)19-2/h4-5,9,13-14,17H,3,6-8H2,1-2H3/t13-,14-/m1/s1. The van der Waals surface area contributed by atoms with Crippen molar-refractivity contribution in [3.63, 3.8) is 0 Å². The van der Waals surface area contributed by atoms with E-state index in [0.29, 0.717) is 18.4 Å². The van der Waals surface area contributed by atoms with E-state index in [1.807, 2.05) is 19.2 Å². The molecule has 0 unspecified atom stereocenters. The number of ether oxygens (including phenoxy) is 1. The van der Waals surface area contributed by atoms with Crippen molar-refractivity contribution in [2.75, 3.05) is 14.2 Å². The van der Waals surface area contributed by atoms with Gasteiger partial charge in [0.1, 0.15) is 0 Å². The Kier molecular flexibility index (Phi) is 4.83. The number of rotatable bonds is 4. The van der Waals surface area contributed by atoms with Crippen molar-refractivity contribution in [3.8, 4) is 0 Å². The van der Waals surface area contributed by atoms with Crippen molar-refractivity contribution in [1.82, 2.24) is 5.32 Å². The number of nitrogens with one attached hydrogen (secondary N) is 1. The summed E-state index contributed by atoms with van der Waals surface area (Å²) in [6, 6.07) is 6.50. The summed E-state index contributed by atoms with van der Waals surface area (Å²) in [5.41, 5.74) is 2.63. The summed E-state index contributed by atoms with van der Waals surface area (Å²) in [6.45, 7) is 0. The Morgan fingerprint density at radius 2 is 2.32 bits per heavy atom. The number of fused-ring (bicyclic) bond motifs is 1. The van der Waals surface area contributed by atoms with E-state index in [-0.39, 0.29) is 5.97 Å². The second-order valence-corrected chi connectivity index (χ2v) is 5.43. The summed E-state index contributed by atoms with van der Waals surface area (Å²) in [5.74, 6) is 0.209. The second kappa shape index (κ2) is 6.40. The van der Waals surface area contributed by atoms with Gasteiger partial charge in [-0.3, -0.25) is 4.79 Å². The Balaban J connectivity index is 2.20. The van der Waals surface area contributed by atoms with Crippen LogP contribution < -0.4 is 5.32 Å². The first-order chi connectivity index (χ1) is 9.15. The number of hydrogen-bond acceptors (Lipinski definition) is 3. The second-order valence-electron chi connectivity index (χ2n) is 5.00. The average Bonchev–Trinajstić information content (AvgIpc) is 2.43. The van der Waals surface area contributed by atoms with E-state index in [1.54, 1.807) is 0 Å². The van der Waals surface area contributed by atoms with Crippen molar-refractivity contribution in [2.45, 2.75) is 37.6 Å². The molecule has 0 saturated heterocycles. The molecule has 0 aliphatic heterocycles. The highest BCUT2D eigenvalue weighted by Gasteiger charge is 2.28. The zero-order valence-corrected chi connectivity index (χ0v) is 12.2. The van der Waals surface area contributed by atoms with Crippen LogP contribution in [-0.4, -0.2) is 26.2 Å². The molecule has 104 valence electrons. The summed E-state index contributed by atoms with van der Waals surface area (Å²) in [5, 5.41) is 4.15. The molecule has 2 atom stereocenters. The van der Waals surface area contributed by atoms with E-state index < -0.39 is 0 Å². The van der Waals surface area contributed by atoms with Crippen LogP contribution in [-0.2, 0) is 16.0 Å². The first kappa shape index (κ1) is 14.4. The van der Waals surface area contributed by atoms with Crippen LogP contribution in [0.5, 0.6) is 0 Å². The maximum Gasteiger partial charge on any atom is 0.305 e. The van der Waals surface area contributed by atoms with Crippen LogP contribution in [0, 0.1) is 0 Å². The zero-order chi connectivity index (χ0) is 13.8. The van der Waals surface area contributed by atoms with E-state index in [1.165, 1.54) is 18.2 Å². The highest BCUT2D eigenvalue weighted by Crippen LogP contribution is 2.36. The van der Waals surface area contributed by atoms with Gasteiger partial charge in [-0.25, -0.2) is 0 Å². The molecule has 0 fully saturated rings. The minimum atomic E-state index is -0.143. The van der Waals surface area contributed by atoms with Gasteiger partial charge in [-0.15, -0.1) is 0 Å². The van der Waals surface area contributed by atoms with E-state index in [9.17, 15) is 4.79 Å². The number of benzene rings is 1. The fourth-order valence-electron chi connectivity index (χ4n) is 2.96. The van der Waals surface area contributed by atoms with Gasteiger partial charge in [0.05, 0.1) is 7.11 Å². The SMILES string of the molecule is CN[C@@H]1CCc2cc(Cl)ccc2[C@H]1CCC(=O)OC. The monoisotopic (exact) mass is 281 g/mol. The highest BCUT2D eigenvalue weighted by atomic mass is 35.5. The van der Waals surface area contributed by atoms with Gasteiger partial charge in [-0.2, -0.15) is 0 Å². The molecule has 1 aliphatic rings. The van der Waals surface area contributed by atoms with E-state index in [4.69, 9.17) is 16.3 Å². The number of esters is 1. The topological polar surface area (TPSA) is 38.3 Å². The predicted molar refractivity (Wildman–Crippen MR) is 76.6 cm³/mol. The highest BCUT2D eigenvalue weighted by molar-refractivity contribution is 6.30. The Labute approximate surface area is 119 Å². The lowest BCUT2D eigenvalue weighted by atomic mass is 9.77. The molecule has 0 saturated carbocycles. The van der Waals surface area contributed by atoms with E-state index >= 15 is 0 Å². The third kappa shape index (κ3) is 3.28. The summed E-state index contributed by atoms with van der Waals surface area (Å²) in [7, 11) is 3.42. The fraction of sp³-hybridized carbons (Fsp3) is 0.533. The van der Waals surface area contributed by atoms with Gasteiger partial charge in [0, 0.05) is 23.4 Å². The van der Waals surface area contributed by atoms with Crippen LogP contribution in [0.15, 0.2) is 18.2 Å². The van der Waals surface area contributed by atoms with Crippen molar-refractivity contribution < 1.29 is 9.53 Å². The number of carbonyl (C=O) groups is 1. The van der Waals surface area contributed by atoms with Crippen molar-refractivity contribution in [1.29, 1.82) is 0 Å². The molecule has 0 amide bonds. The van der Waals surface area contributed by atoms with Gasteiger partial charge in [0.15, 0.2) is 0 Å². The summed E-state index contributed by atoms with van der Waals surface area (Å²) >= 11 is 6.05. The number of hydrogen-bond donors (Lipinski definition) is 1. The number of carbonyl (C=O) groups excluding carboxylic acids is 1. The predicted octanol–water partition coefficient (Wildman–Crippen LogP) is 2.91. The van der Waals surface area contributed by atoms with Gasteiger partial charge < -0.3 is 10.1 Å². The molecule has 19 heavy (non-hydrogen) atoms. The largest absolute Gasteiger partial charge is 0.469 e. The summed E-state index contributed by atoms with van der Waals surface area (Å²) < 4.78 is 4.74. The third-order valence-corrected chi connectivity index (χ3v) is 4.21. The van der Waals surface area contributed by atoms with Crippen LogP contribution in [0.25, 0.3) is 0 Å². The minimum Gasteiger partial charge on any atom is -0.469 e. The molecule has 0 heterocycles. The number of likely N-dealkylation sites (N-methyl/N-ethyl adjacent to an activating group) is 1. The maximum absolute atomic E-state index is 11.4. The van der Waals surface area contributed by atoms with Crippen LogP contribution >= 0.6 is 11.6 Å². The Morgan fingerprint density at radius 1 is 1.53 bits per heavy atom. The van der Waals surface area contributed by atoms with Crippen molar-refractivity contribution in [2.24, 2.45) is 0 Å². The number of halogens is 1. The molecule has 0 spiro atoms. The molecule has 2 rings (SSSR count). The van der Waals surface area contributed by atoms with E-state index in [0.717, 1.165) is 24.3 Å². The molecule has 4 heteroatoms. The normalized spacial score (nSPS) is 21.8. The molecule has 0 bridgehead atoms. The van der Waals surface area contributed by atoms with Crippen molar-refractivity contribution in [3.05, 3.63) is 34.3 Å². The van der Waals surface area contributed by atoms with Gasteiger partial charge in [0.2, 0.25) is 0 Å². The molecule has 0 aromatic heterocycles. The van der Waals surface area contributed by atoms with Crippen LogP contribution in [0.1, 0.15) is 36.3 Å². The molecule has 1 aromatic carbocycles. The molecular formula is C15H20ClNO2. The molecule has 3 nitrogen and oxygen atoms in total. The average molecular weight is 282 g/mol. The molecule has 1 aliphatic carbocycles. The summed E-state index contributed by atoms with van der Waals surface area (Å²) in [4.78, 5) is 11.4. The van der Waals surface area contributed by atoms with Crippen LogP contribution in [0.2, 0.25) is 5.02 Å². The Morgan fingerprint density at radius 3 is 3.00 bits per heavy atom. The lowest BCUT2D eigenvalue weighted by Crippen LogP contribution is -2.36. The first-order valence-corrected chi connectivity index (χ1v) is 7.06. The first-order valence-electron chi connectivity index (χ1n) is 6.68. The fourth-order valence-corrected chi connectivity index (χ4v) is 3.15. The molecular weight excluding hydrogens is 262 g/mol. The van der Waals surface area contributed by atoms with Gasteiger partial charge in [-0.1, -0.05) is 17.7 Å². The lowest BCUT2D eigenvalue weighted by Gasteiger charge is -2.33. The van der Waals surface area contributed by atoms with Crippen LogP contribution in [0.3, 0.4) is 0 Å². The summed E-state index contributed by atoms with van der Waals surface area (Å²) in [6.07, 6.45) is 3.39. The van der Waals surface area contributed by atoms with Crippen molar-refractivity contribution >= 4 is 17.6 Å². The van der Waals surface area contributed by atoms with Gasteiger partial charge >= 0.3 is 5.97 Å². The molecule has 1 N–H and O–H groups in total. The van der Waals surface area contributed by atoms with Crippen LogP contribution in [0.4, 0.5) is 0 Å².